The highest BCUT2D eigenvalue weighted by Crippen LogP contribution is 2.19. The SMILES string of the molecule is CN1CCNCC1c1noc(CN2CCCCCC2=O)n1. The standard InChI is InChI=1S/C14H23N5O2/c1-18-8-6-15-9-11(18)14-16-12(21-17-14)10-19-7-4-2-3-5-13(19)20/h11,15H,2-10H2,1H3. The Morgan fingerprint density at radius 2 is 2.24 bits per heavy atom. The fraction of sp³-hybridized carbons (Fsp3) is 0.786. The summed E-state index contributed by atoms with van der Waals surface area (Å²) >= 11 is 0. The lowest BCUT2D eigenvalue weighted by atomic mass is 10.2. The highest BCUT2D eigenvalue weighted by atomic mass is 16.5. The molecule has 3 heterocycles. The van der Waals surface area contributed by atoms with E-state index in [0.717, 1.165) is 45.4 Å². The maximum atomic E-state index is 12.0. The number of rotatable bonds is 3. The number of aromatic nitrogens is 2. The van der Waals surface area contributed by atoms with Crippen LogP contribution < -0.4 is 5.32 Å². The van der Waals surface area contributed by atoms with E-state index in [0.29, 0.717) is 24.7 Å². The van der Waals surface area contributed by atoms with Gasteiger partial charge in [-0.3, -0.25) is 9.69 Å². The Morgan fingerprint density at radius 1 is 1.33 bits per heavy atom. The van der Waals surface area contributed by atoms with Crippen LogP contribution in [-0.4, -0.2) is 59.1 Å². The second kappa shape index (κ2) is 6.53. The number of hydrogen-bond acceptors (Lipinski definition) is 6. The third kappa shape index (κ3) is 3.41. The molecule has 0 spiro atoms. The summed E-state index contributed by atoms with van der Waals surface area (Å²) in [6.07, 6.45) is 3.80. The predicted octanol–water partition coefficient (Wildman–Crippen LogP) is 0.548. The highest BCUT2D eigenvalue weighted by molar-refractivity contribution is 5.76. The van der Waals surface area contributed by atoms with Crippen molar-refractivity contribution in [3.05, 3.63) is 11.7 Å². The van der Waals surface area contributed by atoms with E-state index in [1.807, 2.05) is 4.90 Å². The molecule has 1 unspecified atom stereocenters. The Bertz CT molecular complexity index is 489. The fourth-order valence-electron chi connectivity index (χ4n) is 2.93. The van der Waals surface area contributed by atoms with E-state index in [-0.39, 0.29) is 11.9 Å². The van der Waals surface area contributed by atoms with Gasteiger partial charge in [0.2, 0.25) is 11.8 Å². The van der Waals surface area contributed by atoms with E-state index in [9.17, 15) is 4.79 Å². The average molecular weight is 293 g/mol. The van der Waals surface area contributed by atoms with E-state index >= 15 is 0 Å². The number of hydrogen-bond donors (Lipinski definition) is 1. The Morgan fingerprint density at radius 3 is 3.10 bits per heavy atom. The summed E-state index contributed by atoms with van der Waals surface area (Å²) in [6, 6.07) is 0.149. The van der Waals surface area contributed by atoms with Crippen molar-refractivity contribution in [2.24, 2.45) is 0 Å². The lowest BCUT2D eigenvalue weighted by Gasteiger charge is -2.30. The van der Waals surface area contributed by atoms with Gasteiger partial charge in [-0.25, -0.2) is 0 Å². The molecule has 1 N–H and O–H groups in total. The molecule has 2 saturated heterocycles. The van der Waals surface area contributed by atoms with Gasteiger partial charge in [0.05, 0.1) is 12.6 Å². The molecule has 0 aliphatic carbocycles. The van der Waals surface area contributed by atoms with Gasteiger partial charge < -0.3 is 14.7 Å². The number of piperazine rings is 1. The summed E-state index contributed by atoms with van der Waals surface area (Å²) < 4.78 is 5.35. The Kier molecular flexibility index (Phi) is 4.50. The molecule has 2 aliphatic heterocycles. The van der Waals surface area contributed by atoms with Gasteiger partial charge in [0.25, 0.3) is 0 Å². The smallest absolute Gasteiger partial charge is 0.246 e. The van der Waals surface area contributed by atoms with E-state index in [4.69, 9.17) is 4.52 Å². The van der Waals surface area contributed by atoms with E-state index in [1.54, 1.807) is 0 Å². The molecule has 2 fully saturated rings. The van der Waals surface area contributed by atoms with Crippen molar-refractivity contribution >= 4 is 5.91 Å². The molecular formula is C14H23N5O2. The zero-order valence-corrected chi connectivity index (χ0v) is 12.5. The van der Waals surface area contributed by atoms with Crippen LogP contribution in [-0.2, 0) is 11.3 Å². The largest absolute Gasteiger partial charge is 0.337 e. The number of nitrogens with one attached hydrogen (secondary N) is 1. The van der Waals surface area contributed by atoms with Gasteiger partial charge in [0.15, 0.2) is 5.82 Å². The lowest BCUT2D eigenvalue weighted by molar-refractivity contribution is -0.131. The summed E-state index contributed by atoms with van der Waals surface area (Å²) in [6.45, 7) is 4.02. The van der Waals surface area contributed by atoms with Crippen LogP contribution in [0.1, 0.15) is 43.4 Å². The van der Waals surface area contributed by atoms with Crippen LogP contribution in [0, 0.1) is 0 Å². The minimum Gasteiger partial charge on any atom is -0.337 e. The van der Waals surface area contributed by atoms with Gasteiger partial charge in [-0.15, -0.1) is 0 Å². The van der Waals surface area contributed by atoms with Crippen LogP contribution in [0.15, 0.2) is 4.52 Å². The third-order valence-electron chi connectivity index (χ3n) is 4.29. The first kappa shape index (κ1) is 14.5. The molecule has 7 heteroatoms. The van der Waals surface area contributed by atoms with E-state index in [1.165, 1.54) is 0 Å². The Hall–Kier alpha value is -1.47. The lowest BCUT2D eigenvalue weighted by Crippen LogP contribution is -2.44. The van der Waals surface area contributed by atoms with Gasteiger partial charge in [-0.1, -0.05) is 11.6 Å². The molecule has 1 aromatic rings. The van der Waals surface area contributed by atoms with Crippen LogP contribution in [0.4, 0.5) is 0 Å². The molecule has 1 atom stereocenters. The van der Waals surface area contributed by atoms with Gasteiger partial charge in [0.1, 0.15) is 0 Å². The molecule has 3 rings (SSSR count). The minimum absolute atomic E-state index is 0.149. The molecule has 1 aromatic heterocycles. The number of amides is 1. The first-order valence-electron chi connectivity index (χ1n) is 7.75. The van der Waals surface area contributed by atoms with Crippen molar-refractivity contribution in [3.63, 3.8) is 0 Å². The maximum Gasteiger partial charge on any atom is 0.246 e. The second-order valence-electron chi connectivity index (χ2n) is 5.87. The van der Waals surface area contributed by atoms with E-state index < -0.39 is 0 Å². The number of likely N-dealkylation sites (tertiary alicyclic amines) is 1. The quantitative estimate of drug-likeness (QED) is 0.877. The monoisotopic (exact) mass is 293 g/mol. The Balaban J connectivity index is 1.65. The molecule has 0 bridgehead atoms. The van der Waals surface area contributed by atoms with Crippen molar-refractivity contribution in [3.8, 4) is 0 Å². The zero-order valence-electron chi connectivity index (χ0n) is 12.5. The van der Waals surface area contributed by atoms with Gasteiger partial charge >= 0.3 is 0 Å². The molecular weight excluding hydrogens is 270 g/mol. The normalized spacial score (nSPS) is 25.1. The van der Waals surface area contributed by atoms with Crippen molar-refractivity contribution in [2.75, 3.05) is 33.2 Å². The van der Waals surface area contributed by atoms with Gasteiger partial charge in [0, 0.05) is 32.6 Å². The molecule has 7 nitrogen and oxygen atoms in total. The van der Waals surface area contributed by atoms with Crippen LogP contribution in [0.5, 0.6) is 0 Å². The number of carbonyl (C=O) groups excluding carboxylic acids is 1. The molecule has 21 heavy (non-hydrogen) atoms. The van der Waals surface area contributed by atoms with Crippen LogP contribution in [0.25, 0.3) is 0 Å². The predicted molar refractivity (Wildman–Crippen MR) is 76.4 cm³/mol. The third-order valence-corrected chi connectivity index (χ3v) is 4.29. The average Bonchev–Trinajstić information content (AvgIpc) is 2.85. The van der Waals surface area contributed by atoms with Crippen molar-refractivity contribution in [1.82, 2.24) is 25.3 Å². The number of carbonyl (C=O) groups is 1. The van der Waals surface area contributed by atoms with Crippen LogP contribution in [0.2, 0.25) is 0 Å². The first-order chi connectivity index (χ1) is 10.2. The van der Waals surface area contributed by atoms with Crippen molar-refractivity contribution in [1.29, 1.82) is 0 Å². The molecule has 0 aromatic carbocycles. The molecule has 0 radical (unpaired) electrons. The first-order valence-corrected chi connectivity index (χ1v) is 7.75. The topological polar surface area (TPSA) is 74.5 Å². The highest BCUT2D eigenvalue weighted by Gasteiger charge is 2.26. The fourth-order valence-corrected chi connectivity index (χ4v) is 2.93. The Labute approximate surface area is 124 Å². The van der Waals surface area contributed by atoms with Crippen molar-refractivity contribution in [2.45, 2.75) is 38.3 Å². The summed E-state index contributed by atoms with van der Waals surface area (Å²) in [5.74, 6) is 1.45. The summed E-state index contributed by atoms with van der Waals surface area (Å²) in [5.41, 5.74) is 0. The molecule has 1 amide bonds. The summed E-state index contributed by atoms with van der Waals surface area (Å²) in [4.78, 5) is 20.6. The number of likely N-dealkylation sites (N-methyl/N-ethyl adjacent to an activating group) is 1. The van der Waals surface area contributed by atoms with Gasteiger partial charge in [-0.05, 0) is 19.9 Å². The minimum atomic E-state index is 0.149. The molecule has 116 valence electrons. The molecule has 2 aliphatic rings. The number of nitrogens with zero attached hydrogens (tertiary/aromatic N) is 4. The summed E-state index contributed by atoms with van der Waals surface area (Å²) in [7, 11) is 2.07. The van der Waals surface area contributed by atoms with E-state index in [2.05, 4.69) is 27.4 Å². The van der Waals surface area contributed by atoms with Crippen LogP contribution >= 0.6 is 0 Å². The zero-order chi connectivity index (χ0) is 14.7. The van der Waals surface area contributed by atoms with Gasteiger partial charge in [-0.2, -0.15) is 4.98 Å². The van der Waals surface area contributed by atoms with Crippen LogP contribution in [0.3, 0.4) is 0 Å². The van der Waals surface area contributed by atoms with Crippen molar-refractivity contribution < 1.29 is 9.32 Å². The molecule has 0 saturated carbocycles. The maximum absolute atomic E-state index is 12.0. The second-order valence-corrected chi connectivity index (χ2v) is 5.87. The summed E-state index contributed by atoms with van der Waals surface area (Å²) in [5, 5.41) is 7.44.